The van der Waals surface area contributed by atoms with Crippen molar-refractivity contribution in [1.82, 2.24) is 9.88 Å². The van der Waals surface area contributed by atoms with E-state index in [4.69, 9.17) is 9.72 Å². The van der Waals surface area contributed by atoms with Gasteiger partial charge in [-0.25, -0.2) is 4.98 Å². The molecule has 1 fully saturated rings. The van der Waals surface area contributed by atoms with Gasteiger partial charge >= 0.3 is 0 Å². The number of hydrogen-bond acceptors (Lipinski definition) is 5. The van der Waals surface area contributed by atoms with E-state index >= 15 is 0 Å². The van der Waals surface area contributed by atoms with Crippen molar-refractivity contribution in [1.29, 1.82) is 0 Å². The first-order valence-corrected chi connectivity index (χ1v) is 9.54. The van der Waals surface area contributed by atoms with Crippen LogP contribution in [0.2, 0.25) is 0 Å². The SMILES string of the molecule is COc1cc(-c2nc3ccccc3s2)cc(CN2CCCCC2)c1O. The molecule has 1 saturated heterocycles. The molecule has 1 aliphatic heterocycles. The summed E-state index contributed by atoms with van der Waals surface area (Å²) >= 11 is 1.67. The molecule has 5 heteroatoms. The lowest BCUT2D eigenvalue weighted by Crippen LogP contribution is -2.29. The Labute approximate surface area is 151 Å². The standard InChI is InChI=1S/C20H22N2O2S/c1-24-17-12-14(20-21-16-7-3-4-8-18(16)25-20)11-15(19(17)23)13-22-9-5-2-6-10-22/h3-4,7-8,11-12,23H,2,5-6,9-10,13H2,1H3. The number of nitrogens with zero attached hydrogens (tertiary/aromatic N) is 2. The van der Waals surface area contributed by atoms with Crippen LogP contribution in [0.5, 0.6) is 11.5 Å². The minimum Gasteiger partial charge on any atom is -0.504 e. The summed E-state index contributed by atoms with van der Waals surface area (Å²) in [6.07, 6.45) is 3.77. The minimum absolute atomic E-state index is 0.248. The zero-order valence-corrected chi connectivity index (χ0v) is 15.2. The first kappa shape index (κ1) is 16.4. The predicted octanol–water partition coefficient (Wildman–Crippen LogP) is 4.66. The van der Waals surface area contributed by atoms with Crippen LogP contribution in [-0.4, -0.2) is 35.2 Å². The number of para-hydroxylation sites is 1. The molecule has 0 unspecified atom stereocenters. The number of likely N-dealkylation sites (tertiary alicyclic amines) is 1. The zero-order chi connectivity index (χ0) is 17.2. The fourth-order valence-electron chi connectivity index (χ4n) is 3.42. The van der Waals surface area contributed by atoms with Crippen LogP contribution in [0.25, 0.3) is 20.8 Å². The molecule has 4 nitrogen and oxygen atoms in total. The number of hydrogen-bond donors (Lipinski definition) is 1. The Balaban J connectivity index is 1.72. The van der Waals surface area contributed by atoms with Crippen molar-refractivity contribution < 1.29 is 9.84 Å². The highest BCUT2D eigenvalue weighted by molar-refractivity contribution is 7.21. The van der Waals surface area contributed by atoms with Gasteiger partial charge in [0.25, 0.3) is 0 Å². The summed E-state index contributed by atoms with van der Waals surface area (Å²) in [5.41, 5.74) is 2.92. The molecule has 1 aromatic heterocycles. The summed E-state index contributed by atoms with van der Waals surface area (Å²) in [6, 6.07) is 12.1. The molecule has 25 heavy (non-hydrogen) atoms. The Bertz CT molecular complexity index is 852. The van der Waals surface area contributed by atoms with E-state index in [-0.39, 0.29) is 5.75 Å². The number of rotatable bonds is 4. The topological polar surface area (TPSA) is 45.6 Å². The fraction of sp³-hybridized carbons (Fsp3) is 0.350. The third-order valence-electron chi connectivity index (χ3n) is 4.76. The first-order chi connectivity index (χ1) is 12.2. The Morgan fingerprint density at radius 1 is 1.16 bits per heavy atom. The first-order valence-electron chi connectivity index (χ1n) is 8.73. The Morgan fingerprint density at radius 2 is 1.96 bits per heavy atom. The highest BCUT2D eigenvalue weighted by Crippen LogP contribution is 2.38. The number of piperidine rings is 1. The maximum atomic E-state index is 10.6. The van der Waals surface area contributed by atoms with Crippen LogP contribution in [0.4, 0.5) is 0 Å². The van der Waals surface area contributed by atoms with Crippen molar-refractivity contribution >= 4 is 21.6 Å². The molecule has 4 rings (SSSR count). The van der Waals surface area contributed by atoms with Gasteiger partial charge in [-0.1, -0.05) is 18.6 Å². The molecule has 0 bridgehead atoms. The number of fused-ring (bicyclic) bond motifs is 1. The number of aromatic nitrogens is 1. The lowest BCUT2D eigenvalue weighted by molar-refractivity contribution is 0.218. The smallest absolute Gasteiger partial charge is 0.162 e. The molecule has 0 spiro atoms. The van der Waals surface area contributed by atoms with Crippen LogP contribution >= 0.6 is 11.3 Å². The summed E-state index contributed by atoms with van der Waals surface area (Å²) in [4.78, 5) is 7.15. The number of ether oxygens (including phenoxy) is 1. The molecule has 0 radical (unpaired) electrons. The van der Waals surface area contributed by atoms with Gasteiger partial charge in [-0.2, -0.15) is 0 Å². The third-order valence-corrected chi connectivity index (χ3v) is 5.84. The van der Waals surface area contributed by atoms with Crippen molar-refractivity contribution in [2.24, 2.45) is 0 Å². The highest BCUT2D eigenvalue weighted by atomic mass is 32.1. The summed E-state index contributed by atoms with van der Waals surface area (Å²) < 4.78 is 6.59. The molecule has 3 aromatic rings. The largest absolute Gasteiger partial charge is 0.504 e. The van der Waals surface area contributed by atoms with Crippen LogP contribution in [0, 0.1) is 0 Å². The van der Waals surface area contributed by atoms with Crippen LogP contribution in [-0.2, 0) is 6.54 Å². The molecule has 1 N–H and O–H groups in total. The maximum absolute atomic E-state index is 10.6. The molecule has 0 amide bonds. The molecule has 2 heterocycles. The van der Waals surface area contributed by atoms with Gasteiger partial charge in [-0.05, 0) is 50.2 Å². The van der Waals surface area contributed by atoms with E-state index in [2.05, 4.69) is 17.0 Å². The van der Waals surface area contributed by atoms with Gasteiger partial charge in [-0.3, -0.25) is 4.90 Å². The van der Waals surface area contributed by atoms with Gasteiger partial charge in [0, 0.05) is 17.7 Å². The molecular formula is C20H22N2O2S. The van der Waals surface area contributed by atoms with E-state index in [1.165, 1.54) is 24.0 Å². The molecular weight excluding hydrogens is 332 g/mol. The second-order valence-electron chi connectivity index (χ2n) is 6.51. The van der Waals surface area contributed by atoms with Crippen LogP contribution in [0.15, 0.2) is 36.4 Å². The lowest BCUT2D eigenvalue weighted by atomic mass is 10.1. The second-order valence-corrected chi connectivity index (χ2v) is 7.54. The van der Waals surface area contributed by atoms with Gasteiger partial charge in [0.05, 0.1) is 17.3 Å². The average molecular weight is 354 g/mol. The minimum atomic E-state index is 0.248. The number of aromatic hydroxyl groups is 1. The van der Waals surface area contributed by atoms with Crippen LogP contribution < -0.4 is 4.74 Å². The fourth-order valence-corrected chi connectivity index (χ4v) is 4.37. The van der Waals surface area contributed by atoms with Gasteiger partial charge in [-0.15, -0.1) is 11.3 Å². The Hall–Kier alpha value is -2.11. The van der Waals surface area contributed by atoms with Crippen LogP contribution in [0.3, 0.4) is 0 Å². The van der Waals surface area contributed by atoms with E-state index in [9.17, 15) is 5.11 Å². The monoisotopic (exact) mass is 354 g/mol. The van der Waals surface area contributed by atoms with Gasteiger partial charge in [0.1, 0.15) is 5.01 Å². The zero-order valence-electron chi connectivity index (χ0n) is 14.4. The highest BCUT2D eigenvalue weighted by Gasteiger charge is 2.18. The molecule has 2 aromatic carbocycles. The van der Waals surface area contributed by atoms with Crippen molar-refractivity contribution in [2.45, 2.75) is 25.8 Å². The normalized spacial score (nSPS) is 15.6. The average Bonchev–Trinajstić information content (AvgIpc) is 3.08. The Kier molecular flexibility index (Phi) is 4.59. The Morgan fingerprint density at radius 3 is 2.72 bits per heavy atom. The summed E-state index contributed by atoms with van der Waals surface area (Å²) in [5.74, 6) is 0.765. The van der Waals surface area contributed by atoms with E-state index < -0.39 is 0 Å². The van der Waals surface area contributed by atoms with Crippen molar-refractivity contribution in [2.75, 3.05) is 20.2 Å². The number of benzene rings is 2. The van der Waals surface area contributed by atoms with Gasteiger partial charge in [0.15, 0.2) is 11.5 Å². The van der Waals surface area contributed by atoms with Crippen molar-refractivity contribution in [3.63, 3.8) is 0 Å². The van der Waals surface area contributed by atoms with E-state index in [0.29, 0.717) is 5.75 Å². The van der Waals surface area contributed by atoms with Gasteiger partial charge in [0.2, 0.25) is 0 Å². The predicted molar refractivity (Wildman–Crippen MR) is 102 cm³/mol. The molecule has 0 saturated carbocycles. The van der Waals surface area contributed by atoms with E-state index in [1.54, 1.807) is 18.4 Å². The van der Waals surface area contributed by atoms with Gasteiger partial charge < -0.3 is 9.84 Å². The van der Waals surface area contributed by atoms with Crippen LogP contribution in [0.1, 0.15) is 24.8 Å². The second kappa shape index (κ2) is 7.02. The number of methoxy groups -OCH3 is 1. The molecule has 130 valence electrons. The third kappa shape index (κ3) is 3.34. The molecule has 0 atom stereocenters. The van der Waals surface area contributed by atoms with Crippen molar-refractivity contribution in [3.8, 4) is 22.1 Å². The van der Waals surface area contributed by atoms with E-state index in [1.807, 2.05) is 24.3 Å². The van der Waals surface area contributed by atoms with Crippen molar-refractivity contribution in [3.05, 3.63) is 42.0 Å². The number of phenolic OH excluding ortho intramolecular Hbond substituents is 1. The molecule has 1 aliphatic rings. The maximum Gasteiger partial charge on any atom is 0.162 e. The summed E-state index contributed by atoms with van der Waals surface area (Å²) in [5, 5.41) is 11.5. The summed E-state index contributed by atoms with van der Waals surface area (Å²) in [7, 11) is 1.60. The molecule has 0 aliphatic carbocycles. The summed E-state index contributed by atoms with van der Waals surface area (Å²) in [6.45, 7) is 2.93. The number of thiazole rings is 1. The lowest BCUT2D eigenvalue weighted by Gasteiger charge is -2.27. The number of phenols is 1. The quantitative estimate of drug-likeness (QED) is 0.740. The van der Waals surface area contributed by atoms with E-state index in [0.717, 1.165) is 41.3 Å².